The summed E-state index contributed by atoms with van der Waals surface area (Å²) >= 11 is 0. The van der Waals surface area contributed by atoms with Gasteiger partial charge in [0.15, 0.2) is 11.5 Å². The quantitative estimate of drug-likeness (QED) is 0.471. The van der Waals surface area contributed by atoms with Gasteiger partial charge in [0.25, 0.3) is 11.8 Å². The van der Waals surface area contributed by atoms with Gasteiger partial charge >= 0.3 is 0 Å². The predicted octanol–water partition coefficient (Wildman–Crippen LogP) is 3.82. The van der Waals surface area contributed by atoms with E-state index in [1.807, 2.05) is 0 Å². The Bertz CT molecular complexity index is 1410. The van der Waals surface area contributed by atoms with Crippen LogP contribution in [0.2, 0.25) is 0 Å². The Kier molecular flexibility index (Phi) is 4.07. The van der Waals surface area contributed by atoms with Crippen LogP contribution < -0.4 is 9.64 Å². The fourth-order valence-electron chi connectivity index (χ4n) is 3.77. The van der Waals surface area contributed by atoms with Crippen LogP contribution in [-0.4, -0.2) is 33.7 Å². The Morgan fingerprint density at radius 3 is 2.58 bits per heavy atom. The van der Waals surface area contributed by atoms with Crippen LogP contribution in [0.4, 0.5) is 14.5 Å². The molecule has 9 heteroatoms. The predicted molar refractivity (Wildman–Crippen MR) is 108 cm³/mol. The average Bonchev–Trinajstić information content (AvgIpc) is 3.22. The van der Waals surface area contributed by atoms with Crippen LogP contribution in [0.5, 0.6) is 5.75 Å². The molecule has 3 heterocycles. The first-order valence-corrected chi connectivity index (χ1v) is 9.27. The zero-order valence-electron chi connectivity index (χ0n) is 16.4. The SMILES string of the molecule is COc1cccc(N2C(=O)c3cnc4c(c(C)nn4-c4ccc(F)cc4F)c3C2=O)c1. The molecule has 0 saturated carbocycles. The molecule has 1 aliphatic heterocycles. The topological polar surface area (TPSA) is 77.3 Å². The second kappa shape index (κ2) is 6.69. The molecule has 0 saturated heterocycles. The van der Waals surface area contributed by atoms with Gasteiger partial charge in [0, 0.05) is 18.3 Å². The first-order chi connectivity index (χ1) is 14.9. The number of nitrogens with zero attached hydrogens (tertiary/aromatic N) is 4. The minimum atomic E-state index is -0.827. The Hall–Kier alpha value is -4.14. The molecule has 2 aromatic heterocycles. The highest BCUT2D eigenvalue weighted by atomic mass is 19.1. The molecule has 0 bridgehead atoms. The number of rotatable bonds is 3. The monoisotopic (exact) mass is 420 g/mol. The van der Waals surface area contributed by atoms with Crippen molar-refractivity contribution in [3.05, 3.63) is 77.1 Å². The minimum absolute atomic E-state index is 0.0200. The Labute approximate surface area is 174 Å². The van der Waals surface area contributed by atoms with E-state index in [1.54, 1.807) is 31.2 Å². The number of aryl methyl sites for hydroxylation is 1. The molecular weight excluding hydrogens is 406 g/mol. The molecule has 0 unspecified atom stereocenters. The average molecular weight is 420 g/mol. The molecule has 0 aliphatic carbocycles. The number of ether oxygens (including phenoxy) is 1. The van der Waals surface area contributed by atoms with Gasteiger partial charge in [-0.1, -0.05) is 6.07 Å². The van der Waals surface area contributed by atoms with Crippen LogP contribution in [0.15, 0.2) is 48.7 Å². The lowest BCUT2D eigenvalue weighted by Gasteiger charge is -2.14. The fraction of sp³-hybridized carbons (Fsp3) is 0.0909. The van der Waals surface area contributed by atoms with Crippen molar-refractivity contribution >= 4 is 28.5 Å². The van der Waals surface area contributed by atoms with Gasteiger partial charge in [-0.3, -0.25) is 9.59 Å². The molecule has 1 aliphatic rings. The zero-order chi connectivity index (χ0) is 21.9. The maximum Gasteiger partial charge on any atom is 0.267 e. The van der Waals surface area contributed by atoms with Crippen molar-refractivity contribution in [1.29, 1.82) is 0 Å². The number of aromatic nitrogens is 3. The number of amides is 2. The van der Waals surface area contributed by atoms with Crippen LogP contribution in [0.25, 0.3) is 16.7 Å². The number of hydrogen-bond acceptors (Lipinski definition) is 5. The van der Waals surface area contributed by atoms with E-state index in [2.05, 4.69) is 10.1 Å². The lowest BCUT2D eigenvalue weighted by Crippen LogP contribution is -2.29. The third-order valence-corrected chi connectivity index (χ3v) is 5.17. The van der Waals surface area contributed by atoms with E-state index in [1.165, 1.54) is 24.1 Å². The van der Waals surface area contributed by atoms with Crippen molar-refractivity contribution in [2.45, 2.75) is 6.92 Å². The van der Waals surface area contributed by atoms with Crippen molar-refractivity contribution in [1.82, 2.24) is 14.8 Å². The number of pyridine rings is 1. The van der Waals surface area contributed by atoms with Gasteiger partial charge in [-0.25, -0.2) is 23.3 Å². The lowest BCUT2D eigenvalue weighted by atomic mass is 10.1. The highest BCUT2D eigenvalue weighted by Crippen LogP contribution is 2.35. The second-order valence-electron chi connectivity index (χ2n) is 6.99. The van der Waals surface area contributed by atoms with Crippen molar-refractivity contribution in [2.75, 3.05) is 12.0 Å². The maximum atomic E-state index is 14.4. The van der Waals surface area contributed by atoms with Gasteiger partial charge in [0.1, 0.15) is 17.3 Å². The summed E-state index contributed by atoms with van der Waals surface area (Å²) in [5, 5.41) is 4.64. The Balaban J connectivity index is 1.71. The van der Waals surface area contributed by atoms with E-state index in [9.17, 15) is 18.4 Å². The molecule has 0 radical (unpaired) electrons. The van der Waals surface area contributed by atoms with Crippen molar-refractivity contribution in [3.63, 3.8) is 0 Å². The molecule has 0 fully saturated rings. The number of hydrogen-bond donors (Lipinski definition) is 0. The number of carbonyl (C=O) groups excluding carboxylic acids is 2. The summed E-state index contributed by atoms with van der Waals surface area (Å²) in [7, 11) is 1.49. The molecule has 154 valence electrons. The fourth-order valence-corrected chi connectivity index (χ4v) is 3.77. The largest absolute Gasteiger partial charge is 0.497 e. The summed E-state index contributed by atoms with van der Waals surface area (Å²) in [6.45, 7) is 1.63. The normalized spacial score (nSPS) is 13.2. The maximum absolute atomic E-state index is 14.4. The number of halogens is 2. The van der Waals surface area contributed by atoms with E-state index >= 15 is 0 Å². The number of benzene rings is 2. The number of fused-ring (bicyclic) bond motifs is 3. The molecule has 5 rings (SSSR count). The first-order valence-electron chi connectivity index (χ1n) is 9.27. The van der Waals surface area contributed by atoms with Crippen LogP contribution in [0.3, 0.4) is 0 Å². The molecule has 0 atom stereocenters. The summed E-state index contributed by atoms with van der Waals surface area (Å²) in [4.78, 5) is 31.7. The van der Waals surface area contributed by atoms with Gasteiger partial charge in [-0.05, 0) is 31.2 Å². The summed E-state index contributed by atoms with van der Waals surface area (Å²) < 4.78 is 34.1. The second-order valence-corrected chi connectivity index (χ2v) is 6.99. The summed E-state index contributed by atoms with van der Waals surface area (Å²) in [5.74, 6) is -2.12. The van der Waals surface area contributed by atoms with E-state index in [4.69, 9.17) is 4.74 Å². The van der Waals surface area contributed by atoms with Crippen LogP contribution in [0, 0.1) is 18.6 Å². The van der Waals surface area contributed by atoms with E-state index in [-0.39, 0.29) is 22.5 Å². The van der Waals surface area contributed by atoms with Crippen molar-refractivity contribution < 1.29 is 23.1 Å². The smallest absolute Gasteiger partial charge is 0.267 e. The van der Waals surface area contributed by atoms with E-state index in [0.717, 1.165) is 17.0 Å². The number of anilines is 1. The summed E-state index contributed by atoms with van der Waals surface area (Å²) in [5.41, 5.74) is 1.18. The third-order valence-electron chi connectivity index (χ3n) is 5.17. The van der Waals surface area contributed by atoms with Gasteiger partial charge in [0.2, 0.25) is 0 Å². The zero-order valence-corrected chi connectivity index (χ0v) is 16.4. The van der Waals surface area contributed by atoms with Gasteiger partial charge in [-0.2, -0.15) is 5.10 Å². The molecule has 7 nitrogen and oxygen atoms in total. The highest BCUT2D eigenvalue weighted by Gasteiger charge is 2.40. The molecular formula is C22H14F2N4O3. The molecule has 31 heavy (non-hydrogen) atoms. The van der Waals surface area contributed by atoms with Crippen LogP contribution >= 0.6 is 0 Å². The highest BCUT2D eigenvalue weighted by molar-refractivity contribution is 6.37. The lowest BCUT2D eigenvalue weighted by molar-refractivity contribution is 0.0926. The minimum Gasteiger partial charge on any atom is -0.497 e. The van der Waals surface area contributed by atoms with Crippen LogP contribution in [0.1, 0.15) is 26.4 Å². The Morgan fingerprint density at radius 2 is 1.84 bits per heavy atom. The third kappa shape index (κ3) is 2.70. The first kappa shape index (κ1) is 18.9. The standard InChI is InChI=1S/C22H14F2N4O3/c1-11-18-19-15(21(29)27(22(19)30)13-4-3-5-14(9-13)31-2)10-25-20(18)28(26-11)17-7-6-12(23)8-16(17)24/h3-10H,1-2H3. The van der Waals surface area contributed by atoms with Gasteiger partial charge < -0.3 is 4.74 Å². The Morgan fingerprint density at radius 1 is 1.03 bits per heavy atom. The van der Waals surface area contributed by atoms with Gasteiger partial charge in [0.05, 0.1) is 35.0 Å². The summed E-state index contributed by atoms with van der Waals surface area (Å²) in [6.07, 6.45) is 1.27. The number of imide groups is 1. The molecule has 0 spiro atoms. The van der Waals surface area contributed by atoms with E-state index < -0.39 is 23.4 Å². The van der Waals surface area contributed by atoms with Crippen molar-refractivity contribution in [2.24, 2.45) is 0 Å². The van der Waals surface area contributed by atoms with Crippen molar-refractivity contribution in [3.8, 4) is 11.4 Å². The number of carbonyl (C=O) groups is 2. The number of methoxy groups -OCH3 is 1. The molecule has 2 amide bonds. The molecule has 2 aromatic carbocycles. The van der Waals surface area contributed by atoms with E-state index in [0.29, 0.717) is 22.5 Å². The van der Waals surface area contributed by atoms with Crippen LogP contribution in [-0.2, 0) is 0 Å². The molecule has 4 aromatic rings. The molecule has 0 N–H and O–H groups in total. The van der Waals surface area contributed by atoms with Gasteiger partial charge in [-0.15, -0.1) is 0 Å². The summed E-state index contributed by atoms with van der Waals surface area (Å²) in [6, 6.07) is 9.66.